The number of nitrogens with zero attached hydrogens (tertiary/aromatic N) is 2. The number of anilines is 2. The topological polar surface area (TPSA) is 92.5 Å². The van der Waals surface area contributed by atoms with E-state index < -0.39 is 23.5 Å². The van der Waals surface area contributed by atoms with Gasteiger partial charge in [0.1, 0.15) is 11.6 Å². The number of aryl methyl sites for hydroxylation is 1. The number of rotatable bonds is 3. The van der Waals surface area contributed by atoms with Gasteiger partial charge in [0, 0.05) is 5.69 Å². The smallest absolute Gasteiger partial charge is 0.277 e. The van der Waals surface area contributed by atoms with Gasteiger partial charge in [-0.25, -0.2) is 14.3 Å². The minimum Gasteiger partial charge on any atom is -0.448 e. The fourth-order valence-corrected chi connectivity index (χ4v) is 3.18. The van der Waals surface area contributed by atoms with Crippen LogP contribution in [-0.4, -0.2) is 22.7 Å². The number of hydrogen-bond donors (Lipinski definition) is 1. The molecule has 1 N–H and O–H groups in total. The molecule has 0 atom stereocenters. The molecule has 0 aliphatic carbocycles. The highest BCUT2D eigenvalue weighted by atomic mass is 35.5. The summed E-state index contributed by atoms with van der Waals surface area (Å²) < 4.78 is 18.4. The summed E-state index contributed by atoms with van der Waals surface area (Å²) in [6, 6.07) is 7.68. The van der Waals surface area contributed by atoms with Crippen LogP contribution in [0, 0.1) is 12.7 Å². The number of fused-ring (bicyclic) bond motifs is 1. The highest BCUT2D eigenvalue weighted by Gasteiger charge is 2.37. The third kappa shape index (κ3) is 2.84. The van der Waals surface area contributed by atoms with Gasteiger partial charge in [-0.3, -0.25) is 14.4 Å². The first-order valence-corrected chi connectivity index (χ1v) is 8.44. The first kappa shape index (κ1) is 17.9. The van der Waals surface area contributed by atoms with Crippen LogP contribution in [0.5, 0.6) is 0 Å². The van der Waals surface area contributed by atoms with Crippen LogP contribution in [0.1, 0.15) is 37.0 Å². The van der Waals surface area contributed by atoms with Gasteiger partial charge in [-0.05, 0) is 43.3 Å². The van der Waals surface area contributed by atoms with E-state index in [1.54, 1.807) is 6.92 Å². The Hall–Kier alpha value is -3.52. The zero-order valence-electron chi connectivity index (χ0n) is 14.3. The van der Waals surface area contributed by atoms with Crippen molar-refractivity contribution in [1.29, 1.82) is 0 Å². The minimum absolute atomic E-state index is 0.0278. The lowest BCUT2D eigenvalue weighted by molar-refractivity contribution is 0.0924. The molecule has 0 spiro atoms. The molecule has 0 saturated carbocycles. The number of carbonyl (C=O) groups excluding carboxylic acids is 3. The second-order valence-corrected chi connectivity index (χ2v) is 6.42. The molecule has 3 aromatic rings. The third-order valence-corrected chi connectivity index (χ3v) is 4.56. The van der Waals surface area contributed by atoms with Gasteiger partial charge in [-0.1, -0.05) is 11.6 Å². The maximum absolute atomic E-state index is 13.4. The fourth-order valence-electron chi connectivity index (χ4n) is 2.91. The van der Waals surface area contributed by atoms with E-state index >= 15 is 0 Å². The van der Waals surface area contributed by atoms with E-state index in [0.29, 0.717) is 11.4 Å². The first-order chi connectivity index (χ1) is 13.4. The normalized spacial score (nSPS) is 13.0. The van der Waals surface area contributed by atoms with E-state index in [1.807, 2.05) is 0 Å². The predicted octanol–water partition coefficient (Wildman–Crippen LogP) is 3.83. The van der Waals surface area contributed by atoms with Crippen molar-refractivity contribution in [2.45, 2.75) is 6.92 Å². The Morgan fingerprint density at radius 1 is 1.14 bits per heavy atom. The Morgan fingerprint density at radius 3 is 2.57 bits per heavy atom. The van der Waals surface area contributed by atoms with Crippen LogP contribution in [0.4, 0.5) is 15.8 Å². The maximum Gasteiger partial charge on any atom is 0.277 e. The van der Waals surface area contributed by atoms with E-state index in [4.69, 9.17) is 16.0 Å². The van der Waals surface area contributed by atoms with Crippen LogP contribution in [0.3, 0.4) is 0 Å². The molecule has 3 amide bonds. The van der Waals surface area contributed by atoms with E-state index in [-0.39, 0.29) is 27.5 Å². The number of nitrogens with one attached hydrogen (secondary N) is 1. The first-order valence-electron chi connectivity index (χ1n) is 8.06. The number of imide groups is 1. The van der Waals surface area contributed by atoms with Crippen molar-refractivity contribution < 1.29 is 23.2 Å². The Morgan fingerprint density at radius 2 is 1.89 bits per heavy atom. The van der Waals surface area contributed by atoms with E-state index in [2.05, 4.69) is 10.3 Å². The van der Waals surface area contributed by atoms with Crippen molar-refractivity contribution in [3.63, 3.8) is 0 Å². The van der Waals surface area contributed by atoms with Crippen LogP contribution < -0.4 is 10.2 Å². The van der Waals surface area contributed by atoms with E-state index in [9.17, 15) is 18.8 Å². The number of amides is 3. The predicted molar refractivity (Wildman–Crippen MR) is 98.2 cm³/mol. The molecule has 1 aliphatic heterocycles. The number of halogens is 2. The van der Waals surface area contributed by atoms with Crippen molar-refractivity contribution in [1.82, 2.24) is 4.98 Å². The molecule has 7 nitrogen and oxygen atoms in total. The Labute approximate surface area is 162 Å². The van der Waals surface area contributed by atoms with Gasteiger partial charge >= 0.3 is 0 Å². The van der Waals surface area contributed by atoms with Gasteiger partial charge in [0.25, 0.3) is 17.7 Å². The van der Waals surface area contributed by atoms with E-state index in [0.717, 1.165) is 23.4 Å². The fraction of sp³-hybridized carbons (Fsp3) is 0.0526. The van der Waals surface area contributed by atoms with Crippen LogP contribution in [0.25, 0.3) is 0 Å². The van der Waals surface area contributed by atoms with Gasteiger partial charge in [0.2, 0.25) is 0 Å². The molecular weight excluding hydrogens is 389 g/mol. The highest BCUT2D eigenvalue weighted by molar-refractivity contribution is 6.40. The molecule has 0 radical (unpaired) electrons. The average Bonchev–Trinajstić information content (AvgIpc) is 3.18. The molecule has 2 aromatic carbocycles. The van der Waals surface area contributed by atoms with Crippen LogP contribution in [0.15, 0.2) is 47.2 Å². The van der Waals surface area contributed by atoms with Gasteiger partial charge in [0.05, 0.1) is 21.8 Å². The van der Waals surface area contributed by atoms with Crippen molar-refractivity contribution >= 4 is 40.7 Å². The summed E-state index contributed by atoms with van der Waals surface area (Å²) in [7, 11) is 0. The van der Waals surface area contributed by atoms with Gasteiger partial charge in [-0.2, -0.15) is 0 Å². The number of benzene rings is 2. The highest BCUT2D eigenvalue weighted by Crippen LogP contribution is 2.35. The molecule has 1 aromatic heterocycles. The van der Waals surface area contributed by atoms with E-state index in [1.165, 1.54) is 24.3 Å². The van der Waals surface area contributed by atoms with Gasteiger partial charge in [-0.15, -0.1) is 0 Å². The Kier molecular flexibility index (Phi) is 4.20. The molecular formula is C19H11ClFN3O4. The minimum atomic E-state index is -0.670. The van der Waals surface area contributed by atoms with Crippen LogP contribution in [0.2, 0.25) is 5.02 Å². The molecule has 140 valence electrons. The zero-order chi connectivity index (χ0) is 20.0. The zero-order valence-corrected chi connectivity index (χ0v) is 15.1. The maximum atomic E-state index is 13.4. The van der Waals surface area contributed by atoms with Crippen molar-refractivity contribution in [3.8, 4) is 0 Å². The molecule has 4 rings (SSSR count). The summed E-state index contributed by atoms with van der Waals surface area (Å²) >= 11 is 6.25. The summed E-state index contributed by atoms with van der Waals surface area (Å²) in [5.74, 6) is -2.02. The standard InChI is InChI=1S/C19H11ClFN3O4/c1-9-16(22-8-28-9)17(25)23-11-3-5-15(14(20)7-11)24-18(26)12-4-2-10(21)6-13(12)19(24)27/h2-8H,1H3,(H,23,25). The summed E-state index contributed by atoms with van der Waals surface area (Å²) in [4.78, 5) is 42.0. The van der Waals surface area contributed by atoms with Gasteiger partial charge < -0.3 is 9.73 Å². The Balaban J connectivity index is 1.62. The Bertz CT molecular complexity index is 1160. The number of aromatic nitrogens is 1. The molecule has 9 heteroatoms. The largest absolute Gasteiger partial charge is 0.448 e. The van der Waals surface area contributed by atoms with Crippen LogP contribution in [-0.2, 0) is 0 Å². The second kappa shape index (κ2) is 6.58. The molecule has 28 heavy (non-hydrogen) atoms. The molecule has 0 unspecified atom stereocenters. The quantitative estimate of drug-likeness (QED) is 0.676. The summed E-state index contributed by atoms with van der Waals surface area (Å²) in [6.45, 7) is 1.60. The number of hydrogen-bond acceptors (Lipinski definition) is 5. The summed E-state index contributed by atoms with van der Waals surface area (Å²) in [5, 5.41) is 2.67. The molecule has 0 saturated heterocycles. The SMILES string of the molecule is Cc1ocnc1C(=O)Nc1ccc(N2C(=O)c3ccc(F)cc3C2=O)c(Cl)c1. The molecule has 0 bridgehead atoms. The molecule has 1 aliphatic rings. The third-order valence-electron chi connectivity index (χ3n) is 4.25. The summed E-state index contributed by atoms with van der Waals surface area (Å²) in [5.41, 5.74) is 0.663. The van der Waals surface area contributed by atoms with Gasteiger partial charge in [0.15, 0.2) is 12.1 Å². The van der Waals surface area contributed by atoms with Crippen LogP contribution >= 0.6 is 11.6 Å². The lowest BCUT2D eigenvalue weighted by Gasteiger charge is -2.16. The molecule has 2 heterocycles. The van der Waals surface area contributed by atoms with Crippen molar-refractivity contribution in [3.05, 3.63) is 76.2 Å². The lowest BCUT2D eigenvalue weighted by atomic mass is 10.1. The average molecular weight is 400 g/mol. The lowest BCUT2D eigenvalue weighted by Crippen LogP contribution is -2.29. The van der Waals surface area contributed by atoms with Crippen molar-refractivity contribution in [2.75, 3.05) is 10.2 Å². The summed E-state index contributed by atoms with van der Waals surface area (Å²) in [6.07, 6.45) is 1.16. The van der Waals surface area contributed by atoms with Crippen molar-refractivity contribution in [2.24, 2.45) is 0 Å². The number of oxazole rings is 1. The monoisotopic (exact) mass is 399 g/mol. The molecule has 0 fully saturated rings. The second-order valence-electron chi connectivity index (χ2n) is 6.01. The number of carbonyl (C=O) groups is 3.